The van der Waals surface area contributed by atoms with Gasteiger partial charge < -0.3 is 10.0 Å². The van der Waals surface area contributed by atoms with E-state index in [9.17, 15) is 19.6 Å². The highest BCUT2D eigenvalue weighted by Crippen LogP contribution is 2.37. The summed E-state index contributed by atoms with van der Waals surface area (Å²) < 4.78 is 2.19. The van der Waals surface area contributed by atoms with Crippen molar-refractivity contribution in [2.24, 2.45) is 5.92 Å². The molecule has 4 rings (SSSR count). The highest BCUT2D eigenvalue weighted by Gasteiger charge is 2.33. The number of carbonyl (C=O) groups is 2. The maximum atomic E-state index is 13.5. The molecule has 0 spiro atoms. The van der Waals surface area contributed by atoms with Gasteiger partial charge in [-0.15, -0.1) is 0 Å². The van der Waals surface area contributed by atoms with Gasteiger partial charge in [0.05, 0.1) is 4.91 Å². The minimum absolute atomic E-state index is 0.103. The van der Waals surface area contributed by atoms with Crippen molar-refractivity contribution in [1.82, 2.24) is 9.47 Å². The van der Waals surface area contributed by atoms with Crippen LogP contribution in [0.15, 0.2) is 40.0 Å². The average Bonchev–Trinajstić information content (AvgIpc) is 3.24. The fourth-order valence-corrected chi connectivity index (χ4v) is 7.05. The SMILES string of the molecule is CCCn1c(N2CCC(Cc3ccccc3)CC2)c(C=C2SC(=S)N(CCCCCC(=O)O)C2=O)c(C)c(C#N)c1=O. The molecule has 2 aliphatic rings. The van der Waals surface area contributed by atoms with Crippen LogP contribution in [0.25, 0.3) is 6.08 Å². The number of nitrogens with zero attached hydrogens (tertiary/aromatic N) is 4. The second-order valence-electron chi connectivity index (χ2n) is 11.0. The molecule has 0 radical (unpaired) electrons. The molecule has 1 aromatic heterocycles. The van der Waals surface area contributed by atoms with Crippen LogP contribution >= 0.6 is 24.0 Å². The quantitative estimate of drug-likeness (QED) is 0.185. The van der Waals surface area contributed by atoms with Gasteiger partial charge in [-0.3, -0.25) is 23.9 Å². The molecule has 0 aliphatic carbocycles. The standard InChI is InChI=1S/C32H38N4O4S2/c1-3-15-35-29(34-17-13-24(14-18-34)19-23-10-6-4-7-11-23)25(22(2)26(21-33)30(35)39)20-27-31(40)36(32(41)42-27)16-9-5-8-12-28(37)38/h4,6-7,10-11,20,24H,3,5,8-9,12-19H2,1-2H3,(H,37,38). The average molecular weight is 607 g/mol. The van der Waals surface area contributed by atoms with E-state index in [1.807, 2.05) is 19.1 Å². The van der Waals surface area contributed by atoms with E-state index >= 15 is 0 Å². The second kappa shape index (κ2) is 14.7. The molecule has 1 aromatic carbocycles. The molecule has 1 N–H and O–H groups in total. The summed E-state index contributed by atoms with van der Waals surface area (Å²) in [4.78, 5) is 42.0. The lowest BCUT2D eigenvalue weighted by Crippen LogP contribution is -2.40. The normalized spacial score (nSPS) is 16.8. The Morgan fingerprint density at radius 3 is 2.50 bits per heavy atom. The highest BCUT2D eigenvalue weighted by molar-refractivity contribution is 8.26. The number of unbranched alkanes of at least 4 members (excludes halogenated alkanes) is 2. The number of aliphatic carboxylic acids is 1. The summed E-state index contributed by atoms with van der Waals surface area (Å²) in [6.45, 7) is 6.27. The molecule has 2 fully saturated rings. The number of nitriles is 1. The van der Waals surface area contributed by atoms with Crippen LogP contribution in [-0.2, 0) is 22.6 Å². The number of aromatic nitrogens is 1. The first-order chi connectivity index (χ1) is 20.2. The van der Waals surface area contributed by atoms with Crippen LogP contribution in [0, 0.1) is 24.2 Å². The van der Waals surface area contributed by atoms with E-state index in [0.717, 1.165) is 50.2 Å². The topological polar surface area (TPSA) is 107 Å². The zero-order valence-corrected chi connectivity index (χ0v) is 25.9. The number of piperidine rings is 1. The number of thiocarbonyl (C=S) groups is 1. The molecule has 8 nitrogen and oxygen atoms in total. The Morgan fingerprint density at radius 1 is 1.14 bits per heavy atom. The van der Waals surface area contributed by atoms with Gasteiger partial charge >= 0.3 is 5.97 Å². The smallest absolute Gasteiger partial charge is 0.303 e. The Bertz CT molecular complexity index is 1450. The summed E-state index contributed by atoms with van der Waals surface area (Å²) in [6, 6.07) is 12.6. The van der Waals surface area contributed by atoms with Crippen molar-refractivity contribution < 1.29 is 14.7 Å². The minimum Gasteiger partial charge on any atom is -0.481 e. The van der Waals surface area contributed by atoms with E-state index in [0.29, 0.717) is 53.1 Å². The fraction of sp³-hybridized carbons (Fsp3) is 0.469. The first-order valence-corrected chi connectivity index (χ1v) is 15.9. The van der Waals surface area contributed by atoms with Gasteiger partial charge in [-0.25, -0.2) is 0 Å². The maximum absolute atomic E-state index is 13.5. The number of benzene rings is 1. The lowest BCUT2D eigenvalue weighted by atomic mass is 9.90. The zero-order chi connectivity index (χ0) is 30.2. The third kappa shape index (κ3) is 7.31. The van der Waals surface area contributed by atoms with Crippen molar-refractivity contribution >= 4 is 52.1 Å². The van der Waals surface area contributed by atoms with Gasteiger partial charge in [-0.2, -0.15) is 5.26 Å². The largest absolute Gasteiger partial charge is 0.481 e. The first-order valence-electron chi connectivity index (χ1n) is 14.7. The minimum atomic E-state index is -0.823. The van der Waals surface area contributed by atoms with Gasteiger partial charge in [0.2, 0.25) is 0 Å². The molecule has 222 valence electrons. The maximum Gasteiger partial charge on any atom is 0.303 e. The van der Waals surface area contributed by atoms with Crippen LogP contribution in [0.2, 0.25) is 0 Å². The molecule has 0 atom stereocenters. The van der Waals surface area contributed by atoms with E-state index in [-0.39, 0.29) is 23.5 Å². The number of amides is 1. The molecule has 2 saturated heterocycles. The van der Waals surface area contributed by atoms with Crippen LogP contribution in [0.3, 0.4) is 0 Å². The van der Waals surface area contributed by atoms with E-state index in [1.54, 1.807) is 16.4 Å². The molecule has 42 heavy (non-hydrogen) atoms. The Morgan fingerprint density at radius 2 is 1.86 bits per heavy atom. The van der Waals surface area contributed by atoms with E-state index in [2.05, 4.69) is 35.2 Å². The molecule has 1 amide bonds. The fourth-order valence-electron chi connectivity index (χ4n) is 5.76. The third-order valence-electron chi connectivity index (χ3n) is 8.00. The summed E-state index contributed by atoms with van der Waals surface area (Å²) in [5.41, 5.74) is 2.45. The van der Waals surface area contributed by atoms with Crippen LogP contribution in [-0.4, -0.2) is 50.4 Å². The van der Waals surface area contributed by atoms with E-state index in [4.69, 9.17) is 17.3 Å². The summed E-state index contributed by atoms with van der Waals surface area (Å²) in [5.74, 6) is 0.304. The molecule has 0 saturated carbocycles. The number of rotatable bonds is 12. The molecule has 2 aliphatic heterocycles. The van der Waals surface area contributed by atoms with E-state index in [1.165, 1.54) is 17.3 Å². The molecule has 10 heteroatoms. The Labute approximate surface area is 257 Å². The van der Waals surface area contributed by atoms with Crippen LogP contribution < -0.4 is 10.5 Å². The number of carboxylic acid groups (broad SMARTS) is 1. The van der Waals surface area contributed by atoms with Crippen molar-refractivity contribution in [3.05, 3.63) is 67.8 Å². The highest BCUT2D eigenvalue weighted by atomic mass is 32.2. The van der Waals surface area contributed by atoms with Gasteiger partial charge in [-0.05, 0) is 68.6 Å². The van der Waals surface area contributed by atoms with Crippen molar-refractivity contribution in [2.75, 3.05) is 24.5 Å². The third-order valence-corrected chi connectivity index (χ3v) is 9.37. The number of hydrogen-bond donors (Lipinski definition) is 1. The summed E-state index contributed by atoms with van der Waals surface area (Å²) in [7, 11) is 0. The lowest BCUT2D eigenvalue weighted by molar-refractivity contribution is -0.137. The van der Waals surface area contributed by atoms with Crippen LogP contribution in [0.4, 0.5) is 5.82 Å². The number of hydrogen-bond acceptors (Lipinski definition) is 7. The van der Waals surface area contributed by atoms with Crippen LogP contribution in [0.1, 0.15) is 74.1 Å². The summed E-state index contributed by atoms with van der Waals surface area (Å²) in [6.07, 6.45) is 7.56. The first kappa shape index (κ1) is 31.5. The predicted octanol–water partition coefficient (Wildman–Crippen LogP) is 5.74. The molecule has 2 aromatic rings. The van der Waals surface area contributed by atoms with Gasteiger partial charge in [-0.1, -0.05) is 67.7 Å². The molecule has 3 heterocycles. The molecular formula is C32H38N4O4S2. The number of pyridine rings is 1. The predicted molar refractivity (Wildman–Crippen MR) is 172 cm³/mol. The van der Waals surface area contributed by atoms with Crippen molar-refractivity contribution in [2.45, 2.75) is 71.8 Å². The van der Waals surface area contributed by atoms with Crippen LogP contribution in [0.5, 0.6) is 0 Å². The van der Waals surface area contributed by atoms with Crippen molar-refractivity contribution in [3.63, 3.8) is 0 Å². The van der Waals surface area contributed by atoms with Gasteiger partial charge in [0.25, 0.3) is 11.5 Å². The summed E-state index contributed by atoms with van der Waals surface area (Å²) in [5, 5.41) is 18.8. The number of carbonyl (C=O) groups excluding carboxylic acids is 1. The zero-order valence-electron chi connectivity index (χ0n) is 24.3. The number of carboxylic acids is 1. The Kier molecular flexibility index (Phi) is 11.0. The number of anilines is 1. The Balaban J connectivity index is 1.63. The number of thioether (sulfide) groups is 1. The van der Waals surface area contributed by atoms with Gasteiger partial charge in [0.15, 0.2) is 0 Å². The lowest BCUT2D eigenvalue weighted by Gasteiger charge is -2.36. The van der Waals surface area contributed by atoms with Gasteiger partial charge in [0, 0.05) is 38.2 Å². The summed E-state index contributed by atoms with van der Waals surface area (Å²) >= 11 is 6.77. The molecule has 0 bridgehead atoms. The molecular weight excluding hydrogens is 569 g/mol. The second-order valence-corrected chi connectivity index (χ2v) is 12.6. The van der Waals surface area contributed by atoms with E-state index < -0.39 is 5.97 Å². The Hall–Kier alpha value is -3.42. The van der Waals surface area contributed by atoms with Gasteiger partial charge in [0.1, 0.15) is 21.8 Å². The van der Waals surface area contributed by atoms with Crippen molar-refractivity contribution in [1.29, 1.82) is 5.26 Å². The van der Waals surface area contributed by atoms with Crippen molar-refractivity contribution in [3.8, 4) is 6.07 Å². The monoisotopic (exact) mass is 606 g/mol. The molecule has 0 unspecified atom stereocenters.